The van der Waals surface area contributed by atoms with Crippen molar-refractivity contribution < 1.29 is 27.9 Å². The highest BCUT2D eigenvalue weighted by molar-refractivity contribution is 8.15. The number of aliphatic carboxylic acids is 1. The molecule has 1 heterocycles. The molecule has 1 aliphatic rings. The predicted molar refractivity (Wildman–Crippen MR) is 83.3 cm³/mol. The van der Waals surface area contributed by atoms with Crippen LogP contribution in [0.5, 0.6) is 0 Å². The third-order valence-corrected chi connectivity index (χ3v) is 4.23. The second-order valence-corrected chi connectivity index (χ2v) is 6.14. The Labute approximate surface area is 142 Å². The van der Waals surface area contributed by atoms with E-state index in [0.717, 1.165) is 30.1 Å². The number of rotatable bonds is 4. The van der Waals surface area contributed by atoms with Crippen LogP contribution >= 0.6 is 23.4 Å². The lowest BCUT2D eigenvalue weighted by molar-refractivity contribution is -0.138. The summed E-state index contributed by atoms with van der Waals surface area (Å²) in [6, 6.07) is 3.30. The lowest BCUT2D eigenvalue weighted by Crippen LogP contribution is -2.26. The number of carboxylic acid groups (broad SMARTS) is 1. The van der Waals surface area contributed by atoms with Crippen molar-refractivity contribution in [2.24, 2.45) is 10.2 Å². The maximum absolute atomic E-state index is 12.9. The van der Waals surface area contributed by atoms with Crippen LogP contribution in [-0.2, 0) is 15.8 Å². The smallest absolute Gasteiger partial charge is 0.417 e. The van der Waals surface area contributed by atoms with Gasteiger partial charge in [0, 0.05) is 5.56 Å². The molecule has 0 spiro atoms. The van der Waals surface area contributed by atoms with Gasteiger partial charge in [0.25, 0.3) is 0 Å². The van der Waals surface area contributed by atoms with Crippen molar-refractivity contribution >= 4 is 46.6 Å². The fourth-order valence-corrected chi connectivity index (χ4v) is 2.94. The fourth-order valence-electron chi connectivity index (χ4n) is 1.80. The van der Waals surface area contributed by atoms with Crippen LogP contribution < -0.4 is 5.32 Å². The van der Waals surface area contributed by atoms with E-state index in [1.54, 1.807) is 0 Å². The maximum Gasteiger partial charge on any atom is 0.417 e. The second kappa shape index (κ2) is 7.22. The van der Waals surface area contributed by atoms with Gasteiger partial charge in [0.15, 0.2) is 5.17 Å². The summed E-state index contributed by atoms with van der Waals surface area (Å²) in [7, 11) is 0. The highest BCUT2D eigenvalue weighted by Crippen LogP contribution is 2.34. The molecule has 1 amide bonds. The van der Waals surface area contributed by atoms with Gasteiger partial charge in [-0.25, -0.2) is 0 Å². The van der Waals surface area contributed by atoms with E-state index in [0.29, 0.717) is 0 Å². The first-order valence-electron chi connectivity index (χ1n) is 6.34. The topological polar surface area (TPSA) is 91.1 Å². The van der Waals surface area contributed by atoms with Crippen molar-refractivity contribution in [2.45, 2.75) is 17.8 Å². The third-order valence-electron chi connectivity index (χ3n) is 2.83. The van der Waals surface area contributed by atoms with Gasteiger partial charge in [0.2, 0.25) is 5.91 Å². The number of carbonyl (C=O) groups excluding carboxylic acids is 1. The van der Waals surface area contributed by atoms with Crippen LogP contribution in [-0.4, -0.2) is 33.6 Å². The van der Waals surface area contributed by atoms with Gasteiger partial charge in [-0.15, -0.1) is 5.10 Å². The summed E-state index contributed by atoms with van der Waals surface area (Å²) in [5.74, 6) is -1.71. The molecule has 0 bridgehead atoms. The summed E-state index contributed by atoms with van der Waals surface area (Å²) in [5.41, 5.74) is -1.32. The van der Waals surface area contributed by atoms with Crippen molar-refractivity contribution in [3.63, 3.8) is 0 Å². The summed E-state index contributed by atoms with van der Waals surface area (Å²) >= 11 is 6.59. The number of hydrogen-bond acceptors (Lipinski definition) is 5. The number of carboxylic acids is 1. The Hall–Kier alpha value is -2.07. The predicted octanol–water partition coefficient (Wildman–Crippen LogP) is 2.76. The number of alkyl halides is 3. The van der Waals surface area contributed by atoms with Crippen molar-refractivity contribution in [2.75, 3.05) is 0 Å². The molecule has 2 N–H and O–H groups in total. The van der Waals surface area contributed by atoms with Crippen LogP contribution in [0.1, 0.15) is 17.5 Å². The molecule has 0 saturated carbocycles. The van der Waals surface area contributed by atoms with Crippen molar-refractivity contribution in [3.8, 4) is 0 Å². The molecule has 0 aliphatic carbocycles. The zero-order valence-corrected chi connectivity index (χ0v) is 13.2. The van der Waals surface area contributed by atoms with Gasteiger partial charge in [0.05, 0.1) is 23.2 Å². The summed E-state index contributed by atoms with van der Waals surface area (Å²) in [5, 5.41) is 17.0. The lowest BCUT2D eigenvalue weighted by atomic mass is 10.1. The highest BCUT2D eigenvalue weighted by Gasteiger charge is 2.34. The minimum atomic E-state index is -4.61. The summed E-state index contributed by atoms with van der Waals surface area (Å²) in [4.78, 5) is 22.1. The third kappa shape index (κ3) is 4.48. The molecule has 1 fully saturated rings. The van der Waals surface area contributed by atoms with Gasteiger partial charge >= 0.3 is 12.1 Å². The molecule has 1 aliphatic heterocycles. The monoisotopic (exact) mass is 379 g/mol. The first kappa shape index (κ1) is 18.3. The molecule has 1 aromatic carbocycles. The number of hydrogen-bond donors (Lipinski definition) is 2. The van der Waals surface area contributed by atoms with Gasteiger partial charge in [-0.1, -0.05) is 29.4 Å². The average Bonchev–Trinajstić information content (AvgIpc) is 2.79. The molecule has 1 unspecified atom stereocenters. The summed E-state index contributed by atoms with van der Waals surface area (Å²) < 4.78 is 38.7. The van der Waals surface area contributed by atoms with E-state index in [1.165, 1.54) is 6.07 Å². The molecular formula is C13H9ClF3N3O3S. The van der Waals surface area contributed by atoms with Gasteiger partial charge in [-0.2, -0.15) is 18.3 Å². The summed E-state index contributed by atoms with van der Waals surface area (Å²) in [6.45, 7) is 0. The minimum Gasteiger partial charge on any atom is -0.481 e. The van der Waals surface area contributed by atoms with E-state index in [-0.39, 0.29) is 15.8 Å². The van der Waals surface area contributed by atoms with E-state index in [2.05, 4.69) is 15.5 Å². The second-order valence-electron chi connectivity index (χ2n) is 4.54. The van der Waals surface area contributed by atoms with Crippen molar-refractivity contribution in [1.82, 2.24) is 5.32 Å². The van der Waals surface area contributed by atoms with Crippen LogP contribution in [0.3, 0.4) is 0 Å². The van der Waals surface area contributed by atoms with E-state index in [4.69, 9.17) is 16.7 Å². The van der Waals surface area contributed by atoms with Crippen LogP contribution in [0, 0.1) is 0 Å². The standard InChI is InChI=1S/C13H9ClF3N3O3S/c14-8-3-1-2-7(13(15,16)17)6(8)5-18-20-12-19-11(23)9(24-12)4-10(21)22/h1-3,5,9H,4H2,(H,21,22)(H,19,20,23). The van der Waals surface area contributed by atoms with Gasteiger partial charge in [0.1, 0.15) is 5.25 Å². The van der Waals surface area contributed by atoms with Gasteiger partial charge in [-0.05, 0) is 12.1 Å². The quantitative estimate of drug-likeness (QED) is 0.621. The first-order chi connectivity index (χ1) is 11.2. The van der Waals surface area contributed by atoms with Gasteiger partial charge in [-0.3, -0.25) is 9.59 Å². The zero-order valence-electron chi connectivity index (χ0n) is 11.7. The van der Waals surface area contributed by atoms with Gasteiger partial charge < -0.3 is 10.4 Å². The van der Waals surface area contributed by atoms with Crippen molar-refractivity contribution in [1.29, 1.82) is 0 Å². The minimum absolute atomic E-state index is 0.00288. The number of nitrogens with zero attached hydrogens (tertiary/aromatic N) is 2. The number of amidine groups is 1. The Morgan fingerprint density at radius 2 is 2.17 bits per heavy atom. The molecule has 0 aromatic heterocycles. The molecule has 1 atom stereocenters. The van der Waals surface area contributed by atoms with Crippen LogP contribution in [0.2, 0.25) is 5.02 Å². The Morgan fingerprint density at radius 3 is 2.79 bits per heavy atom. The van der Waals surface area contributed by atoms with Crippen LogP contribution in [0.4, 0.5) is 13.2 Å². The highest BCUT2D eigenvalue weighted by atomic mass is 35.5. The Kier molecular flexibility index (Phi) is 5.50. The number of nitrogens with one attached hydrogen (secondary N) is 1. The number of benzene rings is 1. The molecule has 1 saturated heterocycles. The number of thioether (sulfide) groups is 1. The Morgan fingerprint density at radius 1 is 1.46 bits per heavy atom. The molecule has 1 aromatic rings. The van der Waals surface area contributed by atoms with E-state index in [9.17, 15) is 22.8 Å². The van der Waals surface area contributed by atoms with E-state index < -0.39 is 35.3 Å². The fraction of sp³-hybridized carbons (Fsp3) is 0.231. The largest absolute Gasteiger partial charge is 0.481 e. The molecular weight excluding hydrogens is 371 g/mol. The summed E-state index contributed by atoms with van der Waals surface area (Å²) in [6.07, 6.45) is -4.18. The number of amides is 1. The molecule has 2 rings (SSSR count). The van der Waals surface area contributed by atoms with E-state index in [1.807, 2.05) is 0 Å². The number of carbonyl (C=O) groups is 2. The molecule has 24 heavy (non-hydrogen) atoms. The first-order valence-corrected chi connectivity index (χ1v) is 7.60. The average molecular weight is 380 g/mol. The van der Waals surface area contributed by atoms with Crippen LogP contribution in [0.25, 0.3) is 0 Å². The molecule has 11 heteroatoms. The SMILES string of the molecule is O=C(O)CC1SC(=NN=Cc2c(Cl)cccc2C(F)(F)F)NC1=O. The Bertz CT molecular complexity index is 737. The zero-order chi connectivity index (χ0) is 17.9. The molecule has 0 radical (unpaired) electrons. The van der Waals surface area contributed by atoms with Crippen LogP contribution in [0.15, 0.2) is 28.4 Å². The Balaban J connectivity index is 2.18. The normalized spacial score (nSPS) is 19.9. The van der Waals surface area contributed by atoms with E-state index >= 15 is 0 Å². The molecule has 6 nitrogen and oxygen atoms in total. The van der Waals surface area contributed by atoms with Crippen molar-refractivity contribution in [3.05, 3.63) is 34.3 Å². The maximum atomic E-state index is 12.9. The lowest BCUT2D eigenvalue weighted by Gasteiger charge is -2.10. The number of halogens is 4. The molecule has 128 valence electrons.